The normalized spacial score (nSPS) is 14.1. The number of hydrogen-bond acceptors (Lipinski definition) is 4. The van der Waals surface area contributed by atoms with Gasteiger partial charge in [-0.2, -0.15) is 0 Å². The van der Waals surface area contributed by atoms with E-state index in [1.54, 1.807) is 44.2 Å². The Hall–Kier alpha value is -2.59. The van der Waals surface area contributed by atoms with Crippen molar-refractivity contribution in [1.29, 1.82) is 0 Å². The number of fused-ring (bicyclic) bond motifs is 3. The molecular formula is C20H18O4. The molecule has 0 saturated heterocycles. The number of carbonyl (C=O) groups excluding carboxylic acids is 3. The highest BCUT2D eigenvalue weighted by Crippen LogP contribution is 2.30. The summed E-state index contributed by atoms with van der Waals surface area (Å²) < 4.78 is 0. The molecule has 0 heterocycles. The average Bonchev–Trinajstić information content (AvgIpc) is 2.62. The number of hydrogen-bond donors (Lipinski definition) is 1. The molecule has 1 N–H and O–H groups in total. The smallest absolute Gasteiger partial charge is 0.234 e. The van der Waals surface area contributed by atoms with Crippen LogP contribution in [0.1, 0.15) is 53.0 Å². The molecule has 0 atom stereocenters. The number of allylic oxidation sites excluding steroid dienone is 1. The van der Waals surface area contributed by atoms with Crippen molar-refractivity contribution >= 4 is 34.2 Å². The lowest BCUT2D eigenvalue weighted by Gasteiger charge is -2.23. The Balaban J connectivity index is 2.22. The highest BCUT2D eigenvalue weighted by Gasteiger charge is 2.33. The first kappa shape index (κ1) is 16.3. The van der Waals surface area contributed by atoms with Crippen LogP contribution >= 0.6 is 0 Å². The van der Waals surface area contributed by atoms with Gasteiger partial charge >= 0.3 is 0 Å². The zero-order chi connectivity index (χ0) is 17.5. The van der Waals surface area contributed by atoms with E-state index in [0.717, 1.165) is 5.39 Å². The molecule has 0 fully saturated rings. The van der Waals surface area contributed by atoms with Gasteiger partial charge in [-0.1, -0.05) is 44.2 Å². The van der Waals surface area contributed by atoms with E-state index >= 15 is 0 Å². The van der Waals surface area contributed by atoms with E-state index in [4.69, 9.17) is 0 Å². The largest absolute Gasteiger partial charge is 0.382 e. The Morgan fingerprint density at radius 1 is 1.04 bits per heavy atom. The lowest BCUT2D eigenvalue weighted by atomic mass is 9.85. The van der Waals surface area contributed by atoms with Crippen LogP contribution in [-0.2, 0) is 4.79 Å². The molecule has 0 saturated carbocycles. The minimum atomic E-state index is -1.41. The minimum absolute atomic E-state index is 0.313. The van der Waals surface area contributed by atoms with E-state index in [0.29, 0.717) is 34.9 Å². The Labute approximate surface area is 139 Å². The van der Waals surface area contributed by atoms with Gasteiger partial charge in [0.25, 0.3) is 0 Å². The molecule has 122 valence electrons. The third-order valence-electron chi connectivity index (χ3n) is 4.77. The van der Waals surface area contributed by atoms with Crippen molar-refractivity contribution in [3.05, 3.63) is 53.1 Å². The number of Topliss-reactive ketones (excluding diaryl/α,β-unsaturated/α-hetero) is 2. The van der Waals surface area contributed by atoms with E-state index < -0.39 is 17.2 Å². The van der Waals surface area contributed by atoms with Crippen molar-refractivity contribution in [2.75, 3.05) is 0 Å². The molecule has 2 aromatic carbocycles. The molecule has 4 nitrogen and oxygen atoms in total. The number of rotatable bonds is 4. The second-order valence-corrected chi connectivity index (χ2v) is 6.06. The third kappa shape index (κ3) is 2.39. The second-order valence-electron chi connectivity index (χ2n) is 6.06. The highest BCUT2D eigenvalue weighted by molar-refractivity contribution is 6.51. The fourth-order valence-electron chi connectivity index (χ4n) is 3.07. The molecule has 0 aliphatic heterocycles. The van der Waals surface area contributed by atoms with Crippen LogP contribution in [-0.4, -0.2) is 28.1 Å². The van der Waals surface area contributed by atoms with E-state index in [1.165, 1.54) is 6.08 Å². The van der Waals surface area contributed by atoms with Crippen LogP contribution in [0.25, 0.3) is 16.8 Å². The molecule has 0 bridgehead atoms. The summed E-state index contributed by atoms with van der Waals surface area (Å²) in [6, 6.07) is 8.64. The summed E-state index contributed by atoms with van der Waals surface area (Å²) in [7, 11) is 0. The van der Waals surface area contributed by atoms with E-state index in [1.807, 2.05) is 6.07 Å². The molecule has 1 aliphatic carbocycles. The van der Waals surface area contributed by atoms with Crippen LogP contribution in [0.4, 0.5) is 0 Å². The van der Waals surface area contributed by atoms with Crippen LogP contribution in [0.5, 0.6) is 0 Å². The zero-order valence-corrected chi connectivity index (χ0v) is 13.6. The van der Waals surface area contributed by atoms with Crippen molar-refractivity contribution in [2.24, 2.45) is 0 Å². The van der Waals surface area contributed by atoms with Gasteiger partial charge in [-0.15, -0.1) is 0 Å². The summed E-state index contributed by atoms with van der Waals surface area (Å²) in [6.07, 6.45) is 3.50. The van der Waals surface area contributed by atoms with Gasteiger partial charge in [-0.05, 0) is 41.3 Å². The molecule has 24 heavy (non-hydrogen) atoms. The maximum atomic E-state index is 12.7. The molecule has 4 heteroatoms. The van der Waals surface area contributed by atoms with Crippen LogP contribution in [0.2, 0.25) is 0 Å². The van der Waals surface area contributed by atoms with Gasteiger partial charge in [0.05, 0.1) is 0 Å². The first-order valence-electron chi connectivity index (χ1n) is 8.02. The van der Waals surface area contributed by atoms with Gasteiger partial charge in [0.2, 0.25) is 11.6 Å². The summed E-state index contributed by atoms with van der Waals surface area (Å²) in [5, 5.41) is 11.8. The molecule has 0 spiro atoms. The SMILES string of the molecule is CCC(O)(CC)C(=O)c1ccc2ccc3c(c2c1)C(=O)C(=O)C=C3. The minimum Gasteiger partial charge on any atom is -0.382 e. The fourth-order valence-corrected chi connectivity index (χ4v) is 3.07. The number of aliphatic hydroxyl groups is 1. The summed E-state index contributed by atoms with van der Waals surface area (Å²) in [6.45, 7) is 3.52. The van der Waals surface area contributed by atoms with Gasteiger partial charge in [-0.25, -0.2) is 0 Å². The molecule has 0 radical (unpaired) electrons. The number of benzene rings is 2. The Morgan fingerprint density at radius 3 is 2.38 bits per heavy atom. The molecule has 0 unspecified atom stereocenters. The second kappa shape index (κ2) is 5.80. The summed E-state index contributed by atoms with van der Waals surface area (Å²) in [5.41, 5.74) is -0.0801. The summed E-state index contributed by atoms with van der Waals surface area (Å²) >= 11 is 0. The number of carbonyl (C=O) groups is 3. The Kier molecular flexibility index (Phi) is 3.93. The molecule has 2 aromatic rings. The van der Waals surface area contributed by atoms with Crippen molar-refractivity contribution < 1.29 is 19.5 Å². The van der Waals surface area contributed by atoms with Crippen LogP contribution in [0.15, 0.2) is 36.4 Å². The predicted octanol–water partition coefficient (Wildman–Crippen LogP) is 3.35. The van der Waals surface area contributed by atoms with Gasteiger partial charge < -0.3 is 5.11 Å². The number of ketones is 3. The molecule has 3 rings (SSSR count). The molecule has 1 aliphatic rings. The fraction of sp³-hybridized carbons (Fsp3) is 0.250. The van der Waals surface area contributed by atoms with Crippen molar-refractivity contribution in [3.63, 3.8) is 0 Å². The van der Waals surface area contributed by atoms with Crippen LogP contribution in [0.3, 0.4) is 0 Å². The standard InChI is InChI=1S/C20H18O4/c1-3-20(24,4-2)19(23)14-8-6-12-5-7-13-9-10-16(21)18(22)17(13)15(12)11-14/h5-11,24H,3-4H2,1-2H3. The highest BCUT2D eigenvalue weighted by atomic mass is 16.3. The van der Waals surface area contributed by atoms with Crippen molar-refractivity contribution in [2.45, 2.75) is 32.3 Å². The first-order chi connectivity index (χ1) is 11.4. The van der Waals surface area contributed by atoms with E-state index in [9.17, 15) is 19.5 Å². The van der Waals surface area contributed by atoms with Crippen LogP contribution in [0, 0.1) is 0 Å². The maximum Gasteiger partial charge on any atom is 0.234 e. The van der Waals surface area contributed by atoms with E-state index in [2.05, 4.69) is 0 Å². The Morgan fingerprint density at radius 2 is 1.71 bits per heavy atom. The van der Waals surface area contributed by atoms with Gasteiger partial charge in [0, 0.05) is 11.1 Å². The average molecular weight is 322 g/mol. The molecule has 0 aromatic heterocycles. The quantitative estimate of drug-likeness (QED) is 0.692. The lowest BCUT2D eigenvalue weighted by molar-refractivity contribution is -0.110. The Bertz CT molecular complexity index is 901. The van der Waals surface area contributed by atoms with Gasteiger partial charge in [0.1, 0.15) is 5.60 Å². The van der Waals surface area contributed by atoms with Crippen LogP contribution < -0.4 is 0 Å². The topological polar surface area (TPSA) is 71.4 Å². The van der Waals surface area contributed by atoms with Crippen molar-refractivity contribution in [3.8, 4) is 0 Å². The van der Waals surface area contributed by atoms with Gasteiger partial charge in [0.15, 0.2) is 5.78 Å². The monoisotopic (exact) mass is 322 g/mol. The third-order valence-corrected chi connectivity index (χ3v) is 4.77. The zero-order valence-electron chi connectivity index (χ0n) is 13.6. The first-order valence-corrected chi connectivity index (χ1v) is 8.02. The maximum absolute atomic E-state index is 12.7. The predicted molar refractivity (Wildman–Crippen MR) is 92.2 cm³/mol. The molecule has 0 amide bonds. The van der Waals surface area contributed by atoms with Crippen molar-refractivity contribution in [1.82, 2.24) is 0 Å². The van der Waals surface area contributed by atoms with Gasteiger partial charge in [-0.3, -0.25) is 14.4 Å². The molecular weight excluding hydrogens is 304 g/mol. The lowest BCUT2D eigenvalue weighted by Crippen LogP contribution is -2.37. The van der Waals surface area contributed by atoms with E-state index in [-0.39, 0.29) is 5.78 Å². The summed E-state index contributed by atoms with van der Waals surface area (Å²) in [4.78, 5) is 36.7. The summed E-state index contributed by atoms with van der Waals surface area (Å²) in [5.74, 6) is -1.49.